The van der Waals surface area contributed by atoms with Gasteiger partial charge in [0.15, 0.2) is 5.65 Å². The lowest BCUT2D eigenvalue weighted by molar-refractivity contribution is 0.747. The lowest BCUT2D eigenvalue weighted by Crippen LogP contribution is -2.16. The molecule has 23 heavy (non-hydrogen) atoms. The van der Waals surface area contributed by atoms with Crippen LogP contribution in [0.15, 0.2) is 30.3 Å². The molecule has 0 spiro atoms. The largest absolute Gasteiger partial charge is 0.367 e. The molecule has 0 aliphatic rings. The zero-order chi connectivity index (χ0) is 16.6. The van der Waals surface area contributed by atoms with Crippen molar-refractivity contribution in [2.75, 3.05) is 5.32 Å². The lowest BCUT2D eigenvalue weighted by atomic mass is 10.0. The lowest BCUT2D eigenvalue weighted by Gasteiger charge is -2.14. The molecule has 0 saturated carbocycles. The second-order valence-electron chi connectivity index (χ2n) is 6.30. The molecule has 3 rings (SSSR count). The molecule has 2 aromatic heterocycles. The molecule has 1 N–H and O–H groups in total. The molecular weight excluding hydrogens is 284 g/mol. The predicted octanol–water partition coefficient (Wildman–Crippen LogP) is 4.53. The summed E-state index contributed by atoms with van der Waals surface area (Å²) in [6.45, 7) is 10.5. The Morgan fingerprint density at radius 1 is 1.13 bits per heavy atom. The average Bonchev–Trinajstić information content (AvgIpc) is 2.84. The van der Waals surface area contributed by atoms with Crippen LogP contribution in [0.3, 0.4) is 0 Å². The summed E-state index contributed by atoms with van der Waals surface area (Å²) in [4.78, 5) is 4.75. The van der Waals surface area contributed by atoms with E-state index in [1.54, 1.807) is 0 Å². The summed E-state index contributed by atoms with van der Waals surface area (Å²) in [7, 11) is 0. The maximum absolute atomic E-state index is 4.75. The van der Waals surface area contributed by atoms with Gasteiger partial charge in [-0.1, -0.05) is 36.8 Å². The molecule has 0 bridgehead atoms. The van der Waals surface area contributed by atoms with Crippen molar-refractivity contribution in [1.82, 2.24) is 14.6 Å². The fraction of sp³-hybridized carbons (Fsp3) is 0.368. The van der Waals surface area contributed by atoms with Crippen LogP contribution in [0.1, 0.15) is 37.2 Å². The SMILES string of the molecule is CC[C@@H](C)Nc1cc(C)nc2c(-c3ccc(C)cc3)c(C)nn12. The summed E-state index contributed by atoms with van der Waals surface area (Å²) in [5.74, 6) is 1.00. The smallest absolute Gasteiger partial charge is 0.165 e. The number of aryl methyl sites for hydroxylation is 3. The molecule has 3 aromatic rings. The third-order valence-corrected chi connectivity index (χ3v) is 4.24. The van der Waals surface area contributed by atoms with Gasteiger partial charge < -0.3 is 5.32 Å². The molecule has 0 unspecified atom stereocenters. The number of aromatic nitrogens is 3. The molecule has 1 aromatic carbocycles. The molecule has 4 heteroatoms. The standard InChI is InChI=1S/C19H24N4/c1-6-13(3)20-17-11-14(4)21-19-18(15(5)22-23(17)19)16-9-7-12(2)8-10-16/h7-11,13,20H,6H2,1-5H3/t13-/m1/s1. The van der Waals surface area contributed by atoms with Crippen molar-refractivity contribution in [2.24, 2.45) is 0 Å². The van der Waals surface area contributed by atoms with Gasteiger partial charge in [0, 0.05) is 23.4 Å². The number of hydrogen-bond donors (Lipinski definition) is 1. The minimum absolute atomic E-state index is 0.396. The third-order valence-electron chi connectivity index (χ3n) is 4.24. The van der Waals surface area contributed by atoms with E-state index in [2.05, 4.69) is 56.4 Å². The highest BCUT2D eigenvalue weighted by molar-refractivity contribution is 5.81. The van der Waals surface area contributed by atoms with E-state index in [0.717, 1.165) is 40.4 Å². The van der Waals surface area contributed by atoms with Gasteiger partial charge in [-0.05, 0) is 39.7 Å². The zero-order valence-corrected chi connectivity index (χ0v) is 14.5. The second kappa shape index (κ2) is 6.03. The van der Waals surface area contributed by atoms with Gasteiger partial charge in [-0.15, -0.1) is 0 Å². The fourth-order valence-corrected chi connectivity index (χ4v) is 2.76. The van der Waals surface area contributed by atoms with E-state index in [1.165, 1.54) is 5.56 Å². The highest BCUT2D eigenvalue weighted by Gasteiger charge is 2.16. The highest BCUT2D eigenvalue weighted by atomic mass is 15.3. The van der Waals surface area contributed by atoms with Crippen LogP contribution < -0.4 is 5.32 Å². The van der Waals surface area contributed by atoms with Crippen LogP contribution in [0, 0.1) is 20.8 Å². The maximum Gasteiger partial charge on any atom is 0.165 e. The molecule has 0 fully saturated rings. The van der Waals surface area contributed by atoms with Crippen molar-refractivity contribution >= 4 is 11.5 Å². The summed E-state index contributed by atoms with van der Waals surface area (Å²) >= 11 is 0. The maximum atomic E-state index is 4.75. The number of hydrogen-bond acceptors (Lipinski definition) is 3. The van der Waals surface area contributed by atoms with E-state index in [-0.39, 0.29) is 0 Å². The summed E-state index contributed by atoms with van der Waals surface area (Å²) in [6.07, 6.45) is 1.06. The van der Waals surface area contributed by atoms with Crippen LogP contribution in [-0.4, -0.2) is 20.6 Å². The first-order chi connectivity index (χ1) is 11.0. The first-order valence-corrected chi connectivity index (χ1v) is 8.20. The van der Waals surface area contributed by atoms with E-state index >= 15 is 0 Å². The second-order valence-corrected chi connectivity index (χ2v) is 6.30. The molecular formula is C19H24N4. The number of fused-ring (bicyclic) bond motifs is 1. The monoisotopic (exact) mass is 308 g/mol. The predicted molar refractivity (Wildman–Crippen MR) is 96.0 cm³/mol. The van der Waals surface area contributed by atoms with Gasteiger partial charge in [-0.3, -0.25) is 0 Å². The molecule has 0 aliphatic carbocycles. The van der Waals surface area contributed by atoms with Gasteiger partial charge in [0.05, 0.1) is 5.69 Å². The van der Waals surface area contributed by atoms with E-state index in [4.69, 9.17) is 10.1 Å². The number of nitrogens with zero attached hydrogens (tertiary/aromatic N) is 3. The summed E-state index contributed by atoms with van der Waals surface area (Å²) in [5, 5.41) is 8.27. The van der Waals surface area contributed by atoms with Gasteiger partial charge >= 0.3 is 0 Å². The number of anilines is 1. The minimum atomic E-state index is 0.396. The summed E-state index contributed by atoms with van der Waals surface area (Å²) < 4.78 is 1.93. The third kappa shape index (κ3) is 2.93. The van der Waals surface area contributed by atoms with Crippen LogP contribution in [0.25, 0.3) is 16.8 Å². The summed E-state index contributed by atoms with van der Waals surface area (Å²) in [5.41, 5.74) is 6.44. The van der Waals surface area contributed by atoms with Crippen molar-refractivity contribution in [2.45, 2.75) is 47.1 Å². The van der Waals surface area contributed by atoms with Crippen LogP contribution in [-0.2, 0) is 0 Å². The quantitative estimate of drug-likeness (QED) is 0.770. The Hall–Kier alpha value is -2.36. The van der Waals surface area contributed by atoms with E-state index in [0.29, 0.717) is 6.04 Å². The van der Waals surface area contributed by atoms with Gasteiger partial charge in [0.2, 0.25) is 0 Å². The first-order valence-electron chi connectivity index (χ1n) is 8.20. The van der Waals surface area contributed by atoms with Crippen molar-refractivity contribution < 1.29 is 0 Å². The van der Waals surface area contributed by atoms with Gasteiger partial charge in [-0.2, -0.15) is 9.61 Å². The van der Waals surface area contributed by atoms with E-state index < -0.39 is 0 Å². The van der Waals surface area contributed by atoms with Crippen LogP contribution in [0.5, 0.6) is 0 Å². The minimum Gasteiger partial charge on any atom is -0.367 e. The number of rotatable bonds is 4. The van der Waals surface area contributed by atoms with Crippen LogP contribution >= 0.6 is 0 Å². The topological polar surface area (TPSA) is 42.2 Å². The highest BCUT2D eigenvalue weighted by Crippen LogP contribution is 2.29. The van der Waals surface area contributed by atoms with Crippen molar-refractivity contribution in [3.05, 3.63) is 47.3 Å². The summed E-state index contributed by atoms with van der Waals surface area (Å²) in [6, 6.07) is 11.0. The molecule has 120 valence electrons. The molecule has 0 radical (unpaired) electrons. The Morgan fingerprint density at radius 2 is 1.83 bits per heavy atom. The molecule has 0 aliphatic heterocycles. The average molecular weight is 308 g/mol. The number of benzene rings is 1. The Labute approximate surface area is 137 Å². The van der Waals surface area contributed by atoms with Crippen molar-refractivity contribution in [1.29, 1.82) is 0 Å². The van der Waals surface area contributed by atoms with Gasteiger partial charge in [-0.25, -0.2) is 4.98 Å². The fourth-order valence-electron chi connectivity index (χ4n) is 2.76. The van der Waals surface area contributed by atoms with E-state index in [9.17, 15) is 0 Å². The zero-order valence-electron chi connectivity index (χ0n) is 14.5. The number of nitrogens with one attached hydrogen (secondary N) is 1. The molecule has 4 nitrogen and oxygen atoms in total. The van der Waals surface area contributed by atoms with E-state index in [1.807, 2.05) is 18.4 Å². The molecule has 0 saturated heterocycles. The Morgan fingerprint density at radius 3 is 2.48 bits per heavy atom. The van der Waals surface area contributed by atoms with Gasteiger partial charge in [0.1, 0.15) is 5.82 Å². The molecule has 2 heterocycles. The Kier molecular flexibility index (Phi) is 4.07. The van der Waals surface area contributed by atoms with Crippen LogP contribution in [0.2, 0.25) is 0 Å². The van der Waals surface area contributed by atoms with Gasteiger partial charge in [0.25, 0.3) is 0 Å². The Bertz CT molecular complexity index is 831. The normalized spacial score (nSPS) is 12.6. The van der Waals surface area contributed by atoms with Crippen molar-refractivity contribution in [3.8, 4) is 11.1 Å². The van der Waals surface area contributed by atoms with Crippen molar-refractivity contribution in [3.63, 3.8) is 0 Å². The molecule has 0 amide bonds. The molecule has 1 atom stereocenters. The first kappa shape index (κ1) is 15.5. The van der Waals surface area contributed by atoms with Crippen LogP contribution in [0.4, 0.5) is 5.82 Å². The Balaban J connectivity index is 2.20.